The number of carbonyl (C=O) groups is 1. The maximum absolute atomic E-state index is 12.2. The zero-order chi connectivity index (χ0) is 14.1. The van der Waals surface area contributed by atoms with Gasteiger partial charge in [0.2, 0.25) is 0 Å². The Morgan fingerprint density at radius 2 is 2.23 bits per heavy atom. The number of nitrogens with two attached hydrogens (primary N) is 1. The zero-order valence-electron chi connectivity index (χ0n) is 12.1. The van der Waals surface area contributed by atoms with Crippen molar-refractivity contribution >= 4 is 53.4 Å². The molecule has 0 aliphatic heterocycles. The molecule has 2 aromatic rings. The minimum Gasteiger partial charge on any atom is -0.350 e. The molecule has 1 fully saturated rings. The maximum atomic E-state index is 12.2. The van der Waals surface area contributed by atoms with E-state index in [1.54, 1.807) is 11.3 Å². The van der Waals surface area contributed by atoms with Gasteiger partial charge >= 0.3 is 0 Å². The molecule has 0 spiro atoms. The Morgan fingerprint density at radius 3 is 2.82 bits per heavy atom. The van der Waals surface area contributed by atoms with Crippen LogP contribution in [0.4, 0.5) is 0 Å². The first-order valence-corrected chi connectivity index (χ1v) is 8.40. The van der Waals surface area contributed by atoms with Crippen LogP contribution in [0.2, 0.25) is 0 Å². The number of nitrogens with one attached hydrogen (secondary N) is 1. The summed E-state index contributed by atoms with van der Waals surface area (Å²) in [5.41, 5.74) is 6.79. The lowest BCUT2D eigenvalue weighted by Gasteiger charge is -2.10. The number of rotatable bonds is 5. The summed E-state index contributed by atoms with van der Waals surface area (Å²) in [6, 6.07) is 4.10. The van der Waals surface area contributed by atoms with Gasteiger partial charge in [0.1, 0.15) is 9.88 Å². The molecular formula is C14H19Cl2N3OS2. The molecule has 1 saturated carbocycles. The highest BCUT2D eigenvalue weighted by molar-refractivity contribution is 7.22. The van der Waals surface area contributed by atoms with E-state index in [1.165, 1.54) is 24.2 Å². The smallest absolute Gasteiger partial charge is 0.263 e. The second kappa shape index (κ2) is 8.26. The van der Waals surface area contributed by atoms with Crippen LogP contribution in [0.5, 0.6) is 0 Å². The fourth-order valence-electron chi connectivity index (χ4n) is 2.09. The van der Waals surface area contributed by atoms with Crippen LogP contribution in [0.1, 0.15) is 28.2 Å². The van der Waals surface area contributed by atoms with Crippen LogP contribution in [-0.4, -0.2) is 23.5 Å². The van der Waals surface area contributed by atoms with E-state index in [1.807, 2.05) is 24.4 Å². The molecule has 8 heteroatoms. The molecule has 1 amide bonds. The fourth-order valence-corrected chi connectivity index (χ4v) is 3.87. The van der Waals surface area contributed by atoms with E-state index in [4.69, 9.17) is 5.73 Å². The molecule has 4 nitrogen and oxygen atoms in total. The number of aromatic nitrogens is 1. The van der Waals surface area contributed by atoms with Gasteiger partial charge in [-0.2, -0.15) is 0 Å². The number of thiazole rings is 1. The van der Waals surface area contributed by atoms with Crippen LogP contribution in [0.15, 0.2) is 17.5 Å². The first kappa shape index (κ1) is 19.4. The molecule has 122 valence electrons. The first-order chi connectivity index (χ1) is 9.65. The Hall–Kier alpha value is -0.660. The number of carbonyl (C=O) groups excluding carboxylic acids is 1. The predicted molar refractivity (Wildman–Crippen MR) is 97.7 cm³/mol. The van der Waals surface area contributed by atoms with Crippen molar-refractivity contribution in [2.75, 3.05) is 6.54 Å². The van der Waals surface area contributed by atoms with Crippen molar-refractivity contribution in [1.29, 1.82) is 0 Å². The third kappa shape index (κ3) is 4.43. The van der Waals surface area contributed by atoms with Crippen molar-refractivity contribution in [2.45, 2.75) is 25.8 Å². The topological polar surface area (TPSA) is 68.0 Å². The van der Waals surface area contributed by atoms with Gasteiger partial charge in [0, 0.05) is 12.6 Å². The molecule has 2 aromatic heterocycles. The van der Waals surface area contributed by atoms with E-state index in [2.05, 4.69) is 10.3 Å². The van der Waals surface area contributed by atoms with E-state index in [0.717, 1.165) is 15.6 Å². The molecule has 1 atom stereocenters. The van der Waals surface area contributed by atoms with Gasteiger partial charge < -0.3 is 11.1 Å². The van der Waals surface area contributed by atoms with Crippen LogP contribution >= 0.6 is 47.5 Å². The van der Waals surface area contributed by atoms with Crippen molar-refractivity contribution in [3.8, 4) is 9.88 Å². The average molecular weight is 380 g/mol. The number of hydrogen-bond donors (Lipinski definition) is 2. The van der Waals surface area contributed by atoms with Crippen LogP contribution in [0.25, 0.3) is 9.88 Å². The minimum absolute atomic E-state index is 0. The van der Waals surface area contributed by atoms with Gasteiger partial charge in [-0.1, -0.05) is 6.07 Å². The van der Waals surface area contributed by atoms with Crippen molar-refractivity contribution in [3.63, 3.8) is 0 Å². The molecule has 2 heterocycles. The quantitative estimate of drug-likeness (QED) is 0.834. The molecule has 1 aliphatic rings. The van der Waals surface area contributed by atoms with Gasteiger partial charge in [-0.15, -0.1) is 47.5 Å². The summed E-state index contributed by atoms with van der Waals surface area (Å²) in [5.74, 6) is 0.540. The van der Waals surface area contributed by atoms with E-state index >= 15 is 0 Å². The van der Waals surface area contributed by atoms with Gasteiger partial charge in [0.15, 0.2) is 0 Å². The first-order valence-electron chi connectivity index (χ1n) is 6.70. The van der Waals surface area contributed by atoms with Crippen molar-refractivity contribution in [3.05, 3.63) is 28.1 Å². The normalized spacial score (nSPS) is 14.6. The Morgan fingerprint density at radius 1 is 1.50 bits per heavy atom. The third-order valence-corrected chi connectivity index (χ3v) is 5.66. The Labute approximate surface area is 150 Å². The average Bonchev–Trinajstić information content (AvgIpc) is 2.99. The van der Waals surface area contributed by atoms with E-state index < -0.39 is 0 Å². The fraction of sp³-hybridized carbons (Fsp3) is 0.429. The number of aryl methyl sites for hydroxylation is 1. The van der Waals surface area contributed by atoms with Gasteiger partial charge in [-0.25, -0.2) is 4.98 Å². The number of amides is 1. The monoisotopic (exact) mass is 379 g/mol. The lowest BCUT2D eigenvalue weighted by Crippen LogP contribution is -2.38. The largest absolute Gasteiger partial charge is 0.350 e. The SMILES string of the molecule is Cc1nc(-c2cccs2)sc1C(=O)NCC(N)C1CC1.Cl.Cl. The Balaban J connectivity index is 0.00000121. The molecule has 3 rings (SSSR count). The van der Waals surface area contributed by atoms with Gasteiger partial charge in [0.25, 0.3) is 5.91 Å². The zero-order valence-corrected chi connectivity index (χ0v) is 15.3. The standard InChI is InChI=1S/C14H17N3OS2.2ClH/c1-8-12(13(18)16-7-10(15)9-4-5-9)20-14(17-8)11-3-2-6-19-11;;/h2-3,6,9-10H,4-5,7,15H2,1H3,(H,16,18);2*1H. The molecule has 3 N–H and O–H groups in total. The van der Waals surface area contributed by atoms with Crippen LogP contribution < -0.4 is 11.1 Å². The highest BCUT2D eigenvalue weighted by Gasteiger charge is 2.28. The van der Waals surface area contributed by atoms with Crippen molar-refractivity contribution in [1.82, 2.24) is 10.3 Å². The second-order valence-corrected chi connectivity index (χ2v) is 7.07. The molecule has 0 bridgehead atoms. The number of nitrogens with zero attached hydrogens (tertiary/aromatic N) is 1. The molecule has 0 aromatic carbocycles. The molecule has 1 aliphatic carbocycles. The maximum Gasteiger partial charge on any atom is 0.263 e. The van der Waals surface area contributed by atoms with Crippen LogP contribution in [0, 0.1) is 12.8 Å². The summed E-state index contributed by atoms with van der Waals surface area (Å²) in [6.07, 6.45) is 2.39. The summed E-state index contributed by atoms with van der Waals surface area (Å²) >= 11 is 3.08. The predicted octanol–water partition coefficient (Wildman–Crippen LogP) is 3.49. The van der Waals surface area contributed by atoms with Crippen LogP contribution in [0.3, 0.4) is 0 Å². The molecule has 1 unspecified atom stereocenters. The Kier molecular flexibility index (Phi) is 7.28. The van der Waals surface area contributed by atoms with E-state index in [9.17, 15) is 4.79 Å². The van der Waals surface area contributed by atoms with Crippen molar-refractivity contribution in [2.24, 2.45) is 11.7 Å². The highest BCUT2D eigenvalue weighted by Crippen LogP contribution is 2.32. The van der Waals surface area contributed by atoms with Crippen molar-refractivity contribution < 1.29 is 4.79 Å². The minimum atomic E-state index is -0.0566. The number of thiophene rings is 1. The molecule has 22 heavy (non-hydrogen) atoms. The van der Waals surface area contributed by atoms with Gasteiger partial charge in [0.05, 0.1) is 10.6 Å². The summed E-state index contributed by atoms with van der Waals surface area (Å²) in [5, 5.41) is 5.85. The molecule has 0 radical (unpaired) electrons. The summed E-state index contributed by atoms with van der Waals surface area (Å²) in [4.78, 5) is 18.5. The van der Waals surface area contributed by atoms with E-state index in [0.29, 0.717) is 17.3 Å². The lowest BCUT2D eigenvalue weighted by molar-refractivity contribution is 0.0953. The number of halogens is 2. The number of hydrogen-bond acceptors (Lipinski definition) is 5. The molecular weight excluding hydrogens is 361 g/mol. The molecule has 0 saturated heterocycles. The third-order valence-electron chi connectivity index (χ3n) is 3.46. The summed E-state index contributed by atoms with van der Waals surface area (Å²) in [7, 11) is 0. The van der Waals surface area contributed by atoms with Crippen LogP contribution in [-0.2, 0) is 0 Å². The highest BCUT2D eigenvalue weighted by atomic mass is 35.5. The summed E-state index contributed by atoms with van der Waals surface area (Å²) < 4.78 is 0. The Bertz CT molecular complexity index is 612. The van der Waals surface area contributed by atoms with E-state index in [-0.39, 0.29) is 36.8 Å². The second-order valence-electron chi connectivity index (χ2n) is 5.12. The summed E-state index contributed by atoms with van der Waals surface area (Å²) in [6.45, 7) is 2.43. The lowest BCUT2D eigenvalue weighted by atomic mass is 10.2. The van der Waals surface area contributed by atoms with Gasteiger partial charge in [-0.3, -0.25) is 4.79 Å². The van der Waals surface area contributed by atoms with Gasteiger partial charge in [-0.05, 0) is 37.1 Å².